The molecule has 5 heteroatoms. The van der Waals surface area contributed by atoms with Crippen LogP contribution in [0, 0.1) is 6.92 Å². The predicted octanol–water partition coefficient (Wildman–Crippen LogP) is 0.549. The molecular formula is C8H11N3O2. The van der Waals surface area contributed by atoms with E-state index in [1.54, 1.807) is 11.8 Å². The Morgan fingerprint density at radius 3 is 2.46 bits per heavy atom. The number of hydrogen-bond donors (Lipinski definition) is 1. The van der Waals surface area contributed by atoms with Crippen LogP contribution in [0.1, 0.15) is 16.1 Å². The molecule has 0 fully saturated rings. The highest BCUT2D eigenvalue weighted by Gasteiger charge is 2.09. The van der Waals surface area contributed by atoms with Gasteiger partial charge in [0.1, 0.15) is 0 Å². The summed E-state index contributed by atoms with van der Waals surface area (Å²) in [6.07, 6.45) is 0. The fourth-order valence-corrected chi connectivity index (χ4v) is 1.03. The van der Waals surface area contributed by atoms with Crippen molar-refractivity contribution in [2.24, 2.45) is 0 Å². The Kier molecular flexibility index (Phi) is 2.46. The zero-order valence-electron chi connectivity index (χ0n) is 7.77. The standard InChI is InChI=1S/C8H11N3O2/c1-5-4-6(8(12)13)9-10-7(5)11(2)3/h4H,1-3H3,(H,12,13). The number of nitrogens with zero attached hydrogens (tertiary/aromatic N) is 3. The van der Waals surface area contributed by atoms with E-state index in [1.807, 2.05) is 14.1 Å². The highest BCUT2D eigenvalue weighted by atomic mass is 16.4. The number of carboxylic acids is 1. The van der Waals surface area contributed by atoms with Crippen molar-refractivity contribution in [3.63, 3.8) is 0 Å². The van der Waals surface area contributed by atoms with Gasteiger partial charge < -0.3 is 10.0 Å². The third-order valence-corrected chi connectivity index (χ3v) is 1.60. The first-order valence-electron chi connectivity index (χ1n) is 3.77. The summed E-state index contributed by atoms with van der Waals surface area (Å²) < 4.78 is 0. The van der Waals surface area contributed by atoms with Gasteiger partial charge in [0.15, 0.2) is 11.5 Å². The first kappa shape index (κ1) is 9.44. The van der Waals surface area contributed by atoms with Crippen LogP contribution in [0.3, 0.4) is 0 Å². The molecule has 1 heterocycles. The van der Waals surface area contributed by atoms with Crippen LogP contribution < -0.4 is 4.90 Å². The molecular weight excluding hydrogens is 170 g/mol. The Morgan fingerprint density at radius 2 is 2.08 bits per heavy atom. The van der Waals surface area contributed by atoms with E-state index in [4.69, 9.17) is 5.11 Å². The molecule has 1 N–H and O–H groups in total. The van der Waals surface area contributed by atoms with Gasteiger partial charge in [-0.2, -0.15) is 0 Å². The Labute approximate surface area is 76.0 Å². The van der Waals surface area contributed by atoms with Gasteiger partial charge in [-0.25, -0.2) is 4.79 Å². The third kappa shape index (κ3) is 1.93. The summed E-state index contributed by atoms with van der Waals surface area (Å²) >= 11 is 0. The normalized spacial score (nSPS) is 9.77. The third-order valence-electron chi connectivity index (χ3n) is 1.60. The zero-order valence-corrected chi connectivity index (χ0v) is 7.77. The Hall–Kier alpha value is -1.65. The van der Waals surface area contributed by atoms with Crippen LogP contribution in [0.4, 0.5) is 5.82 Å². The van der Waals surface area contributed by atoms with Crippen LogP contribution in [0.25, 0.3) is 0 Å². The molecule has 0 saturated heterocycles. The summed E-state index contributed by atoms with van der Waals surface area (Å²) in [5, 5.41) is 16.0. The van der Waals surface area contributed by atoms with Gasteiger partial charge in [-0.3, -0.25) is 0 Å². The summed E-state index contributed by atoms with van der Waals surface area (Å²) in [6.45, 7) is 1.80. The van der Waals surface area contributed by atoms with Gasteiger partial charge in [0, 0.05) is 14.1 Å². The minimum absolute atomic E-state index is 0.0249. The minimum Gasteiger partial charge on any atom is -0.476 e. The molecule has 0 aromatic carbocycles. The largest absolute Gasteiger partial charge is 0.476 e. The first-order valence-corrected chi connectivity index (χ1v) is 3.77. The van der Waals surface area contributed by atoms with E-state index in [0.29, 0.717) is 5.82 Å². The van der Waals surface area contributed by atoms with E-state index < -0.39 is 5.97 Å². The average Bonchev–Trinajstić information content (AvgIpc) is 2.03. The van der Waals surface area contributed by atoms with E-state index in [9.17, 15) is 4.79 Å². The van der Waals surface area contributed by atoms with Gasteiger partial charge in [-0.05, 0) is 18.6 Å². The van der Waals surface area contributed by atoms with E-state index >= 15 is 0 Å². The van der Waals surface area contributed by atoms with Crippen molar-refractivity contribution in [2.75, 3.05) is 19.0 Å². The van der Waals surface area contributed by atoms with Crippen molar-refractivity contribution in [3.8, 4) is 0 Å². The van der Waals surface area contributed by atoms with Crippen LogP contribution in [0.15, 0.2) is 6.07 Å². The van der Waals surface area contributed by atoms with Gasteiger partial charge in [0.2, 0.25) is 0 Å². The average molecular weight is 181 g/mol. The van der Waals surface area contributed by atoms with E-state index in [0.717, 1.165) is 5.56 Å². The van der Waals surface area contributed by atoms with Crippen LogP contribution in [-0.2, 0) is 0 Å². The Balaban J connectivity index is 3.13. The minimum atomic E-state index is -1.05. The number of carbonyl (C=O) groups is 1. The maximum Gasteiger partial charge on any atom is 0.356 e. The molecule has 0 bridgehead atoms. The summed E-state index contributed by atoms with van der Waals surface area (Å²) in [5.74, 6) is -0.370. The summed E-state index contributed by atoms with van der Waals surface area (Å²) in [4.78, 5) is 12.3. The van der Waals surface area contributed by atoms with Gasteiger partial charge in [0.25, 0.3) is 0 Å². The topological polar surface area (TPSA) is 66.3 Å². The van der Waals surface area contributed by atoms with Gasteiger partial charge in [-0.1, -0.05) is 0 Å². The maximum absolute atomic E-state index is 10.5. The SMILES string of the molecule is Cc1cc(C(=O)O)nnc1N(C)C. The maximum atomic E-state index is 10.5. The fraction of sp³-hybridized carbons (Fsp3) is 0.375. The van der Waals surface area contributed by atoms with Crippen LogP contribution in [-0.4, -0.2) is 35.4 Å². The second-order valence-electron chi connectivity index (χ2n) is 2.94. The van der Waals surface area contributed by atoms with Crippen molar-refractivity contribution in [1.82, 2.24) is 10.2 Å². The Morgan fingerprint density at radius 1 is 1.46 bits per heavy atom. The molecule has 70 valence electrons. The quantitative estimate of drug-likeness (QED) is 0.721. The number of aromatic nitrogens is 2. The van der Waals surface area contributed by atoms with Crippen molar-refractivity contribution < 1.29 is 9.90 Å². The molecule has 0 aliphatic rings. The lowest BCUT2D eigenvalue weighted by molar-refractivity contribution is 0.0689. The number of rotatable bonds is 2. The molecule has 1 aromatic rings. The summed E-state index contributed by atoms with van der Waals surface area (Å²) in [6, 6.07) is 1.50. The van der Waals surface area contributed by atoms with E-state index in [1.165, 1.54) is 6.07 Å². The second kappa shape index (κ2) is 3.38. The number of anilines is 1. The van der Waals surface area contributed by atoms with Crippen molar-refractivity contribution in [3.05, 3.63) is 17.3 Å². The molecule has 0 spiro atoms. The second-order valence-corrected chi connectivity index (χ2v) is 2.94. The molecule has 5 nitrogen and oxygen atoms in total. The molecule has 1 aromatic heterocycles. The highest BCUT2D eigenvalue weighted by molar-refractivity contribution is 5.85. The summed E-state index contributed by atoms with van der Waals surface area (Å²) in [5.41, 5.74) is 0.778. The summed E-state index contributed by atoms with van der Waals surface area (Å²) in [7, 11) is 3.66. The van der Waals surface area contributed by atoms with Crippen LogP contribution >= 0.6 is 0 Å². The number of aryl methyl sites for hydroxylation is 1. The Bertz CT molecular complexity index is 336. The number of aromatic carboxylic acids is 1. The molecule has 0 aliphatic heterocycles. The first-order chi connectivity index (χ1) is 6.02. The predicted molar refractivity (Wildman–Crippen MR) is 48.1 cm³/mol. The lowest BCUT2D eigenvalue weighted by Gasteiger charge is -2.12. The van der Waals surface area contributed by atoms with E-state index in [2.05, 4.69) is 10.2 Å². The van der Waals surface area contributed by atoms with Crippen LogP contribution in [0.5, 0.6) is 0 Å². The van der Waals surface area contributed by atoms with Crippen LogP contribution in [0.2, 0.25) is 0 Å². The number of carboxylic acid groups (broad SMARTS) is 1. The van der Waals surface area contributed by atoms with Gasteiger partial charge in [-0.15, -0.1) is 10.2 Å². The molecule has 13 heavy (non-hydrogen) atoms. The van der Waals surface area contributed by atoms with Crippen molar-refractivity contribution in [2.45, 2.75) is 6.92 Å². The molecule has 0 radical (unpaired) electrons. The van der Waals surface area contributed by atoms with Crippen molar-refractivity contribution >= 4 is 11.8 Å². The molecule has 0 aliphatic carbocycles. The van der Waals surface area contributed by atoms with Gasteiger partial charge in [0.05, 0.1) is 0 Å². The molecule has 0 amide bonds. The fourth-order valence-electron chi connectivity index (χ4n) is 1.03. The molecule has 1 rings (SSSR count). The van der Waals surface area contributed by atoms with Gasteiger partial charge >= 0.3 is 5.97 Å². The lowest BCUT2D eigenvalue weighted by Crippen LogP contribution is -2.14. The van der Waals surface area contributed by atoms with Crippen molar-refractivity contribution in [1.29, 1.82) is 0 Å². The molecule has 0 unspecified atom stereocenters. The monoisotopic (exact) mass is 181 g/mol. The van der Waals surface area contributed by atoms with E-state index in [-0.39, 0.29) is 5.69 Å². The lowest BCUT2D eigenvalue weighted by atomic mass is 10.2. The highest BCUT2D eigenvalue weighted by Crippen LogP contribution is 2.12. The molecule has 0 saturated carbocycles. The number of hydrogen-bond acceptors (Lipinski definition) is 4. The zero-order chi connectivity index (χ0) is 10.0. The molecule has 0 atom stereocenters. The smallest absolute Gasteiger partial charge is 0.356 e.